The van der Waals surface area contributed by atoms with E-state index < -0.39 is 11.9 Å². The predicted molar refractivity (Wildman–Crippen MR) is 157 cm³/mol. The zero-order valence-electron chi connectivity index (χ0n) is 23.6. The van der Waals surface area contributed by atoms with E-state index in [-0.39, 0.29) is 31.5 Å². The number of amides is 2. The Hall–Kier alpha value is -3.76. The molecule has 3 aromatic carbocycles. The number of carbonyl (C=O) groups excluding carboxylic acids is 2. The summed E-state index contributed by atoms with van der Waals surface area (Å²) in [7, 11) is 1.60. The Bertz CT molecular complexity index is 1370. The van der Waals surface area contributed by atoms with E-state index in [2.05, 4.69) is 28.4 Å². The quantitative estimate of drug-likeness (QED) is 0.370. The molecule has 3 N–H and O–H groups in total. The number of methoxy groups -OCH3 is 1. The average molecular weight is 559 g/mol. The predicted octanol–water partition coefficient (Wildman–Crippen LogP) is 3.27. The van der Waals surface area contributed by atoms with Gasteiger partial charge in [0.15, 0.2) is 6.35 Å². The lowest BCUT2D eigenvalue weighted by atomic mass is 9.85. The van der Waals surface area contributed by atoms with Crippen LogP contribution in [0.25, 0.3) is 11.1 Å². The fourth-order valence-electron chi connectivity index (χ4n) is 6.08. The number of hydrogen-bond donors (Lipinski definition) is 3. The molecule has 2 aliphatic rings. The molecule has 0 radical (unpaired) electrons. The smallest absolute Gasteiger partial charge is 0.246 e. The number of likely N-dealkylation sites (tertiary alicyclic amines) is 1. The second kappa shape index (κ2) is 12.4. The number of anilines is 1. The number of piperidine rings is 1. The van der Waals surface area contributed by atoms with Crippen molar-refractivity contribution in [2.45, 2.75) is 44.7 Å². The zero-order chi connectivity index (χ0) is 29.0. The van der Waals surface area contributed by atoms with E-state index in [1.807, 2.05) is 54.6 Å². The molecule has 1 spiro atoms. The summed E-state index contributed by atoms with van der Waals surface area (Å²) in [4.78, 5) is 30.8. The van der Waals surface area contributed by atoms with E-state index in [0.717, 1.165) is 28.9 Å². The van der Waals surface area contributed by atoms with E-state index in [1.54, 1.807) is 12.0 Å². The second-order valence-corrected chi connectivity index (χ2v) is 10.8. The van der Waals surface area contributed by atoms with E-state index in [0.29, 0.717) is 31.7 Å². The molecule has 41 heavy (non-hydrogen) atoms. The van der Waals surface area contributed by atoms with Gasteiger partial charge < -0.3 is 20.3 Å². The molecule has 2 saturated heterocycles. The zero-order valence-corrected chi connectivity index (χ0v) is 23.6. The first-order valence-corrected chi connectivity index (χ1v) is 14.0. The SMILES string of the molecule is COc1cccc(CN2C(=O)C3(CCN(Cc4cccc(-c5ccc(NC(C)=O)cc5)c4)CC3)N(CCO)C2O)c1. The summed E-state index contributed by atoms with van der Waals surface area (Å²) < 4.78 is 5.32. The first-order chi connectivity index (χ1) is 19.8. The number of ether oxygens (including phenoxy) is 1. The standard InChI is InChI=1S/C32H38N4O5/c1-23(38)33-28-11-9-26(10-12-28)27-7-3-5-24(19-27)21-34-15-13-32(14-16-34)30(39)35(31(40)36(32)17-18-37)22-25-6-4-8-29(20-25)41-2/h3-12,19-20,31,37,40H,13-18,21-22H2,1-2H3,(H,33,38). The summed E-state index contributed by atoms with van der Waals surface area (Å²) in [5.74, 6) is 0.511. The fraction of sp³-hybridized carbons (Fsp3) is 0.375. The number of carbonyl (C=O) groups is 2. The van der Waals surface area contributed by atoms with Gasteiger partial charge in [-0.15, -0.1) is 0 Å². The van der Waals surface area contributed by atoms with Gasteiger partial charge in [-0.1, -0.05) is 42.5 Å². The molecule has 2 heterocycles. The second-order valence-electron chi connectivity index (χ2n) is 10.8. The third-order valence-corrected chi connectivity index (χ3v) is 8.15. The van der Waals surface area contributed by atoms with Gasteiger partial charge in [0.1, 0.15) is 11.3 Å². The van der Waals surface area contributed by atoms with Crippen LogP contribution in [0.4, 0.5) is 5.69 Å². The van der Waals surface area contributed by atoms with Gasteiger partial charge in [-0.3, -0.25) is 19.4 Å². The molecule has 2 amide bonds. The molecule has 5 rings (SSSR count). The molecule has 9 heteroatoms. The van der Waals surface area contributed by atoms with Crippen LogP contribution >= 0.6 is 0 Å². The van der Waals surface area contributed by atoms with Crippen molar-refractivity contribution in [1.29, 1.82) is 0 Å². The van der Waals surface area contributed by atoms with Crippen LogP contribution in [0.2, 0.25) is 0 Å². The fourth-order valence-corrected chi connectivity index (χ4v) is 6.08. The highest BCUT2D eigenvalue weighted by Crippen LogP contribution is 2.39. The van der Waals surface area contributed by atoms with Crippen LogP contribution in [0, 0.1) is 0 Å². The van der Waals surface area contributed by atoms with Crippen molar-refractivity contribution >= 4 is 17.5 Å². The normalized spacial score (nSPS) is 19.1. The number of nitrogens with one attached hydrogen (secondary N) is 1. The number of benzene rings is 3. The maximum absolute atomic E-state index is 13.9. The van der Waals surface area contributed by atoms with Gasteiger partial charge in [0.05, 0.1) is 13.7 Å². The molecular formula is C32H38N4O5. The molecule has 0 saturated carbocycles. The summed E-state index contributed by atoms with van der Waals surface area (Å²) in [6.07, 6.45) is 0.0463. The molecule has 0 aliphatic carbocycles. The number of aliphatic hydroxyl groups excluding tert-OH is 2. The molecule has 1 atom stereocenters. The Morgan fingerprint density at radius 1 is 0.976 bits per heavy atom. The van der Waals surface area contributed by atoms with Crippen molar-refractivity contribution in [3.63, 3.8) is 0 Å². The largest absolute Gasteiger partial charge is 0.497 e. The molecule has 0 aromatic heterocycles. The minimum absolute atomic E-state index is 0.0920. The Morgan fingerprint density at radius 2 is 1.66 bits per heavy atom. The Labute approximate surface area is 240 Å². The van der Waals surface area contributed by atoms with E-state index in [4.69, 9.17) is 4.74 Å². The van der Waals surface area contributed by atoms with Gasteiger partial charge in [-0.25, -0.2) is 4.90 Å². The maximum atomic E-state index is 13.9. The lowest BCUT2D eigenvalue weighted by Crippen LogP contribution is -2.57. The summed E-state index contributed by atoms with van der Waals surface area (Å²) in [5, 5.41) is 23.8. The van der Waals surface area contributed by atoms with Crippen LogP contribution < -0.4 is 10.1 Å². The van der Waals surface area contributed by atoms with Crippen molar-refractivity contribution < 1.29 is 24.5 Å². The Kier molecular flexibility index (Phi) is 8.70. The van der Waals surface area contributed by atoms with Crippen molar-refractivity contribution in [3.05, 3.63) is 83.9 Å². The molecule has 2 fully saturated rings. The topological polar surface area (TPSA) is 106 Å². The van der Waals surface area contributed by atoms with Crippen LogP contribution in [0.15, 0.2) is 72.8 Å². The van der Waals surface area contributed by atoms with Crippen LogP contribution in [-0.2, 0) is 22.7 Å². The highest BCUT2D eigenvalue weighted by molar-refractivity contribution is 5.89. The van der Waals surface area contributed by atoms with Gasteiger partial charge in [0.25, 0.3) is 0 Å². The van der Waals surface area contributed by atoms with Crippen molar-refractivity contribution in [2.75, 3.05) is 38.7 Å². The number of hydrogen-bond acceptors (Lipinski definition) is 7. The lowest BCUT2D eigenvalue weighted by Gasteiger charge is -2.42. The highest BCUT2D eigenvalue weighted by Gasteiger charge is 2.57. The summed E-state index contributed by atoms with van der Waals surface area (Å²) >= 11 is 0. The van der Waals surface area contributed by atoms with Crippen molar-refractivity contribution in [3.8, 4) is 16.9 Å². The number of β-amino-alcohol motifs (C(OH)–C–C–N with tert-alkyl or cyclic N) is 1. The Balaban J connectivity index is 1.26. The molecule has 2 aliphatic heterocycles. The molecule has 0 bridgehead atoms. The molecule has 216 valence electrons. The number of rotatable bonds is 9. The van der Waals surface area contributed by atoms with Gasteiger partial charge in [0.2, 0.25) is 11.8 Å². The summed E-state index contributed by atoms with van der Waals surface area (Å²) in [5.41, 5.74) is 4.15. The van der Waals surface area contributed by atoms with Crippen LogP contribution in [0.1, 0.15) is 30.9 Å². The summed E-state index contributed by atoms with van der Waals surface area (Å²) in [6.45, 7) is 3.99. The minimum atomic E-state index is -1.10. The minimum Gasteiger partial charge on any atom is -0.497 e. The Morgan fingerprint density at radius 3 is 2.32 bits per heavy atom. The summed E-state index contributed by atoms with van der Waals surface area (Å²) in [6, 6.07) is 23.7. The van der Waals surface area contributed by atoms with E-state index >= 15 is 0 Å². The first kappa shape index (κ1) is 28.8. The third kappa shape index (κ3) is 6.13. The van der Waals surface area contributed by atoms with Crippen LogP contribution in [0.3, 0.4) is 0 Å². The lowest BCUT2D eigenvalue weighted by molar-refractivity contribution is -0.138. The third-order valence-electron chi connectivity index (χ3n) is 8.15. The van der Waals surface area contributed by atoms with E-state index in [9.17, 15) is 19.8 Å². The van der Waals surface area contributed by atoms with Crippen LogP contribution in [0.5, 0.6) is 5.75 Å². The average Bonchev–Trinajstić information content (AvgIpc) is 3.16. The highest BCUT2D eigenvalue weighted by atomic mass is 16.5. The molecule has 9 nitrogen and oxygen atoms in total. The van der Waals surface area contributed by atoms with Crippen molar-refractivity contribution in [2.24, 2.45) is 0 Å². The van der Waals surface area contributed by atoms with Crippen LogP contribution in [-0.4, -0.2) is 82.0 Å². The monoisotopic (exact) mass is 558 g/mol. The molecule has 1 unspecified atom stereocenters. The van der Waals surface area contributed by atoms with Gasteiger partial charge in [-0.05, 0) is 65.4 Å². The van der Waals surface area contributed by atoms with Gasteiger partial charge in [0, 0.05) is 45.3 Å². The molecular weight excluding hydrogens is 520 g/mol. The van der Waals surface area contributed by atoms with Gasteiger partial charge >= 0.3 is 0 Å². The first-order valence-electron chi connectivity index (χ1n) is 14.0. The maximum Gasteiger partial charge on any atom is 0.246 e. The van der Waals surface area contributed by atoms with Crippen molar-refractivity contribution in [1.82, 2.24) is 14.7 Å². The number of nitrogens with zero attached hydrogens (tertiary/aromatic N) is 3. The van der Waals surface area contributed by atoms with Gasteiger partial charge in [-0.2, -0.15) is 0 Å². The molecule has 3 aromatic rings. The van der Waals surface area contributed by atoms with E-state index in [1.165, 1.54) is 17.4 Å². The number of aliphatic hydroxyl groups is 2.